The van der Waals surface area contributed by atoms with Crippen molar-refractivity contribution in [2.75, 3.05) is 6.54 Å². The molecular weight excluding hydrogens is 610 g/mol. The number of hydrogen-bond acceptors (Lipinski definition) is 2. The van der Waals surface area contributed by atoms with Gasteiger partial charge in [-0.25, -0.2) is 0 Å². The minimum Gasteiger partial charge on any atom is -0.347 e. The van der Waals surface area contributed by atoms with Gasteiger partial charge in [-0.3, -0.25) is 9.59 Å². The van der Waals surface area contributed by atoms with Crippen molar-refractivity contribution in [1.29, 1.82) is 0 Å². The second-order valence-corrected chi connectivity index (χ2v) is 9.28. The Morgan fingerprint density at radius 1 is 0.971 bits per heavy atom. The first-order valence-corrected chi connectivity index (χ1v) is 11.6. The first-order chi connectivity index (χ1) is 16.1. The molecule has 0 aliphatic carbocycles. The number of nitrogens with one attached hydrogen (secondary N) is 1. The lowest BCUT2D eigenvalue weighted by Crippen LogP contribution is -2.33. The number of amides is 1. The number of benzene rings is 2. The minimum absolute atomic E-state index is 0.0657. The smallest absolute Gasteiger partial charge is 0.347 e. The Kier molecular flexibility index (Phi) is 10.1. The van der Waals surface area contributed by atoms with Crippen LogP contribution in [0.2, 0.25) is 15.1 Å². The van der Waals surface area contributed by atoms with Crippen LogP contribution in [-0.2, 0) is 4.79 Å². The molecule has 0 radical (unpaired) electrons. The van der Waals surface area contributed by atoms with Crippen molar-refractivity contribution in [3.63, 3.8) is 0 Å². The fourth-order valence-corrected chi connectivity index (χ4v) is 4.11. The van der Waals surface area contributed by atoms with Crippen LogP contribution in [0.3, 0.4) is 0 Å². The van der Waals surface area contributed by atoms with Gasteiger partial charge >= 0.3 is 12.4 Å². The maximum atomic E-state index is 13.7. The number of carbonyl (C=O) groups is 2. The van der Waals surface area contributed by atoms with E-state index in [2.05, 4.69) is 15.9 Å². The molecule has 0 aromatic heterocycles. The highest BCUT2D eigenvalue weighted by molar-refractivity contribution is 9.10. The molecule has 1 unspecified atom stereocenters. The lowest BCUT2D eigenvalue weighted by Gasteiger charge is -2.18. The number of rotatable bonds is 8. The van der Waals surface area contributed by atoms with Crippen molar-refractivity contribution < 1.29 is 35.9 Å². The summed E-state index contributed by atoms with van der Waals surface area (Å²) in [5.74, 6) is -3.52. The molecule has 35 heavy (non-hydrogen) atoms. The van der Waals surface area contributed by atoms with Crippen molar-refractivity contribution >= 4 is 68.5 Å². The van der Waals surface area contributed by atoms with Crippen molar-refractivity contribution in [3.8, 4) is 0 Å². The number of Topliss-reactive ketones (excluding diaryl/α,β-unsaturated/α-hetero) is 1. The van der Waals surface area contributed by atoms with Gasteiger partial charge in [-0.2, -0.15) is 26.3 Å². The molecule has 2 rings (SSSR count). The monoisotopic (exact) mass is 623 g/mol. The molecule has 0 heterocycles. The molecule has 2 aromatic carbocycles. The minimum atomic E-state index is -4.67. The summed E-state index contributed by atoms with van der Waals surface area (Å²) in [6.07, 6.45) is -7.96. The van der Waals surface area contributed by atoms with Gasteiger partial charge in [0.25, 0.3) is 0 Å². The van der Waals surface area contributed by atoms with E-state index in [1.54, 1.807) is 5.32 Å². The molecule has 190 valence electrons. The summed E-state index contributed by atoms with van der Waals surface area (Å²) in [7, 11) is 0. The predicted octanol–water partition coefficient (Wildman–Crippen LogP) is 8.41. The lowest BCUT2D eigenvalue weighted by molar-refractivity contribution is -0.139. The molecule has 1 atom stereocenters. The largest absolute Gasteiger partial charge is 0.405 e. The summed E-state index contributed by atoms with van der Waals surface area (Å²) in [4.78, 5) is 23.8. The van der Waals surface area contributed by atoms with Gasteiger partial charge in [0, 0.05) is 22.9 Å². The van der Waals surface area contributed by atoms with Crippen LogP contribution in [0, 0.1) is 0 Å². The van der Waals surface area contributed by atoms with Crippen LogP contribution < -0.4 is 5.32 Å². The van der Waals surface area contributed by atoms with Gasteiger partial charge in [0.2, 0.25) is 5.91 Å². The highest BCUT2D eigenvalue weighted by Crippen LogP contribution is 2.41. The summed E-state index contributed by atoms with van der Waals surface area (Å²) in [6, 6.07) is 6.25. The molecule has 0 bridgehead atoms. The Hall–Kier alpha value is -1.75. The summed E-state index contributed by atoms with van der Waals surface area (Å²) in [5.41, 5.74) is 0.217. The zero-order chi connectivity index (χ0) is 26.6. The quantitative estimate of drug-likeness (QED) is 0.182. The van der Waals surface area contributed by atoms with Crippen LogP contribution in [0.1, 0.15) is 40.2 Å². The van der Waals surface area contributed by atoms with E-state index in [0.29, 0.717) is 5.56 Å². The van der Waals surface area contributed by atoms with Gasteiger partial charge in [0.1, 0.15) is 6.54 Å². The van der Waals surface area contributed by atoms with E-state index in [1.807, 2.05) is 0 Å². The van der Waals surface area contributed by atoms with Gasteiger partial charge < -0.3 is 5.32 Å². The third-order valence-electron chi connectivity index (χ3n) is 4.56. The fraction of sp³-hybridized carbons (Fsp3) is 0.273. The first kappa shape index (κ1) is 29.5. The van der Waals surface area contributed by atoms with Gasteiger partial charge in [0.15, 0.2) is 5.78 Å². The van der Waals surface area contributed by atoms with E-state index in [0.717, 1.165) is 18.2 Å². The van der Waals surface area contributed by atoms with E-state index in [-0.39, 0.29) is 37.1 Å². The van der Waals surface area contributed by atoms with Crippen LogP contribution in [0.4, 0.5) is 26.3 Å². The maximum Gasteiger partial charge on any atom is 0.405 e. The molecular formula is C22H15BrCl3F6NO2. The third-order valence-corrected chi connectivity index (χ3v) is 6.41. The van der Waals surface area contributed by atoms with Crippen molar-refractivity contribution in [1.82, 2.24) is 5.32 Å². The van der Waals surface area contributed by atoms with Crippen LogP contribution in [-0.4, -0.2) is 30.6 Å². The Morgan fingerprint density at radius 2 is 1.57 bits per heavy atom. The molecule has 1 N–H and O–H groups in total. The Balaban J connectivity index is 2.15. The molecule has 13 heteroatoms. The number of allylic oxidation sites excluding steroid dienone is 1. The van der Waals surface area contributed by atoms with Gasteiger partial charge in [0.05, 0.1) is 21.0 Å². The zero-order valence-electron chi connectivity index (χ0n) is 17.3. The van der Waals surface area contributed by atoms with Crippen LogP contribution in [0.5, 0.6) is 0 Å². The number of carbonyl (C=O) groups excluding carboxylic acids is 2. The standard InChI is InChI=1S/C22H15BrCl3F6NO2/c23-15-7-11(1-3-13(15)18(34)5-6-19(35)33-10-21(27,28)29)2-4-14(22(30,31)32)12-8-16(24)20(26)17(25)9-12/h1-4,7-9,14H,5-6,10H2,(H,33,35)/b4-2+. The zero-order valence-corrected chi connectivity index (χ0v) is 21.2. The maximum absolute atomic E-state index is 13.7. The van der Waals surface area contributed by atoms with Gasteiger partial charge in [-0.15, -0.1) is 0 Å². The van der Waals surface area contributed by atoms with Crippen LogP contribution in [0.25, 0.3) is 6.08 Å². The highest BCUT2D eigenvalue weighted by Gasteiger charge is 2.39. The fourth-order valence-electron chi connectivity index (χ4n) is 2.88. The van der Waals surface area contributed by atoms with E-state index in [4.69, 9.17) is 34.8 Å². The molecule has 1 amide bonds. The first-order valence-electron chi connectivity index (χ1n) is 9.64. The molecule has 0 fully saturated rings. The van der Waals surface area contributed by atoms with Crippen LogP contribution >= 0.6 is 50.7 Å². The highest BCUT2D eigenvalue weighted by atomic mass is 79.9. The second kappa shape index (κ2) is 12.0. The lowest BCUT2D eigenvalue weighted by atomic mass is 9.96. The van der Waals surface area contributed by atoms with E-state index < -0.39 is 42.9 Å². The Morgan fingerprint density at radius 3 is 2.09 bits per heavy atom. The number of hydrogen-bond donors (Lipinski definition) is 1. The van der Waals surface area contributed by atoms with Crippen molar-refractivity contribution in [2.45, 2.75) is 31.1 Å². The molecule has 0 aliphatic rings. The average Bonchev–Trinajstić information content (AvgIpc) is 2.73. The Labute approximate surface area is 219 Å². The van der Waals surface area contributed by atoms with E-state index in [9.17, 15) is 35.9 Å². The van der Waals surface area contributed by atoms with Crippen molar-refractivity contribution in [2.24, 2.45) is 0 Å². The van der Waals surface area contributed by atoms with E-state index >= 15 is 0 Å². The number of alkyl halides is 6. The van der Waals surface area contributed by atoms with Gasteiger partial charge in [-0.05, 0) is 35.4 Å². The van der Waals surface area contributed by atoms with Crippen molar-refractivity contribution in [3.05, 3.63) is 72.6 Å². The SMILES string of the molecule is O=C(CCC(=O)c1ccc(/C=C/C(c2cc(Cl)c(Cl)c(Cl)c2)C(F)(F)F)cc1Br)NCC(F)(F)F. The molecule has 3 nitrogen and oxygen atoms in total. The molecule has 0 spiro atoms. The summed E-state index contributed by atoms with van der Waals surface area (Å²) >= 11 is 20.7. The number of halogens is 10. The number of ketones is 1. The normalized spacial score (nSPS) is 13.2. The average molecular weight is 626 g/mol. The Bertz CT molecular complexity index is 1110. The second-order valence-electron chi connectivity index (χ2n) is 7.23. The predicted molar refractivity (Wildman–Crippen MR) is 126 cm³/mol. The molecule has 2 aromatic rings. The summed E-state index contributed by atoms with van der Waals surface area (Å²) < 4.78 is 77.6. The molecule has 0 saturated heterocycles. The van der Waals surface area contributed by atoms with Crippen LogP contribution in [0.15, 0.2) is 40.9 Å². The topological polar surface area (TPSA) is 46.2 Å². The van der Waals surface area contributed by atoms with E-state index in [1.165, 1.54) is 24.3 Å². The molecule has 0 saturated carbocycles. The van der Waals surface area contributed by atoms with Gasteiger partial charge in [-0.1, -0.05) is 69.0 Å². The summed E-state index contributed by atoms with van der Waals surface area (Å²) in [6.45, 7) is -1.50. The molecule has 0 aliphatic heterocycles. The third kappa shape index (κ3) is 9.00. The summed E-state index contributed by atoms with van der Waals surface area (Å²) in [5, 5.41) is 1.34.